The normalized spacial score (nSPS) is 20.8. The zero-order valence-corrected chi connectivity index (χ0v) is 18.5. The molecule has 5 rings (SSSR count). The molecule has 0 bridgehead atoms. The van der Waals surface area contributed by atoms with Gasteiger partial charge in [0.15, 0.2) is 0 Å². The monoisotopic (exact) mass is 441 g/mol. The van der Waals surface area contributed by atoms with Gasteiger partial charge in [0.25, 0.3) is 0 Å². The summed E-state index contributed by atoms with van der Waals surface area (Å²) in [6.45, 7) is 4.38. The lowest BCUT2D eigenvalue weighted by atomic mass is 9.74. The van der Waals surface area contributed by atoms with Gasteiger partial charge in [-0.05, 0) is 69.3 Å². The highest BCUT2D eigenvalue weighted by Crippen LogP contribution is 2.47. The van der Waals surface area contributed by atoms with Gasteiger partial charge in [0.2, 0.25) is 0 Å². The highest BCUT2D eigenvalue weighted by molar-refractivity contribution is 6.31. The summed E-state index contributed by atoms with van der Waals surface area (Å²) >= 11 is 6.39. The Morgan fingerprint density at radius 1 is 1.26 bits per heavy atom. The molecule has 2 aromatic rings. The smallest absolute Gasteiger partial charge is 0.320 e. The van der Waals surface area contributed by atoms with Crippen LogP contribution in [0, 0.1) is 0 Å². The fraction of sp³-hybridized carbons (Fsp3) is 0.480. The Morgan fingerprint density at radius 3 is 2.74 bits per heavy atom. The lowest BCUT2D eigenvalue weighted by Crippen LogP contribution is -2.49. The molecule has 2 heterocycles. The van der Waals surface area contributed by atoms with E-state index in [1.54, 1.807) is 6.92 Å². The summed E-state index contributed by atoms with van der Waals surface area (Å²) in [5, 5.41) is 10.0. The number of benzene rings is 2. The first-order valence-corrected chi connectivity index (χ1v) is 11.5. The van der Waals surface area contributed by atoms with Gasteiger partial charge in [-0.3, -0.25) is 9.69 Å². The highest BCUT2D eigenvalue weighted by atomic mass is 35.5. The molecule has 1 atom stereocenters. The number of carbonyl (C=O) groups is 1. The van der Waals surface area contributed by atoms with Crippen molar-refractivity contribution in [3.63, 3.8) is 0 Å². The van der Waals surface area contributed by atoms with Crippen LogP contribution >= 0.6 is 11.6 Å². The summed E-state index contributed by atoms with van der Waals surface area (Å²) in [6, 6.07) is 11.9. The second-order valence-electron chi connectivity index (χ2n) is 9.19. The molecule has 1 unspecified atom stereocenters. The predicted molar refractivity (Wildman–Crippen MR) is 119 cm³/mol. The Bertz CT molecular complexity index is 995. The molecule has 164 valence electrons. The SMILES string of the molecule is CC(C(=O)O)N1CCC2(CC1)COc1cc(OCc3cc(C4CC4)ccc3Cl)ccc12. The number of ether oxygens (including phenoxy) is 2. The zero-order valence-electron chi connectivity index (χ0n) is 17.8. The van der Waals surface area contributed by atoms with Crippen molar-refractivity contribution in [3.05, 3.63) is 58.1 Å². The lowest BCUT2D eigenvalue weighted by molar-refractivity contribution is -0.143. The fourth-order valence-corrected chi connectivity index (χ4v) is 5.06. The van der Waals surface area contributed by atoms with E-state index in [0.29, 0.717) is 19.1 Å². The van der Waals surface area contributed by atoms with Crippen molar-refractivity contribution in [1.29, 1.82) is 0 Å². The summed E-state index contributed by atoms with van der Waals surface area (Å²) in [6.07, 6.45) is 4.33. The van der Waals surface area contributed by atoms with E-state index < -0.39 is 12.0 Å². The average molecular weight is 442 g/mol. The minimum absolute atomic E-state index is 0.0233. The van der Waals surface area contributed by atoms with Gasteiger partial charge in [0.05, 0.1) is 6.61 Å². The molecule has 0 aromatic heterocycles. The number of likely N-dealkylation sites (tertiary alicyclic amines) is 1. The molecule has 1 saturated heterocycles. The van der Waals surface area contributed by atoms with E-state index in [0.717, 1.165) is 48.0 Å². The molecular formula is C25H28ClNO4. The van der Waals surface area contributed by atoms with E-state index in [4.69, 9.17) is 21.1 Å². The Labute approximate surface area is 187 Å². The van der Waals surface area contributed by atoms with Gasteiger partial charge in [0, 0.05) is 27.6 Å². The molecule has 1 aliphatic carbocycles. The quantitative estimate of drug-likeness (QED) is 0.683. The summed E-state index contributed by atoms with van der Waals surface area (Å²) in [5.74, 6) is 1.59. The molecule has 2 aromatic carbocycles. The molecule has 0 amide bonds. The maximum absolute atomic E-state index is 11.3. The molecule has 2 fully saturated rings. The van der Waals surface area contributed by atoms with Gasteiger partial charge < -0.3 is 14.6 Å². The Kier molecular flexibility index (Phi) is 5.35. The van der Waals surface area contributed by atoms with Crippen molar-refractivity contribution >= 4 is 17.6 Å². The molecule has 1 saturated carbocycles. The topological polar surface area (TPSA) is 59.0 Å². The van der Waals surface area contributed by atoms with Crippen molar-refractivity contribution in [2.24, 2.45) is 0 Å². The minimum atomic E-state index is -0.761. The van der Waals surface area contributed by atoms with Gasteiger partial charge >= 0.3 is 5.97 Å². The van der Waals surface area contributed by atoms with Crippen molar-refractivity contribution in [1.82, 2.24) is 4.90 Å². The first-order chi connectivity index (χ1) is 14.9. The van der Waals surface area contributed by atoms with Crippen LogP contribution in [0.4, 0.5) is 0 Å². The zero-order chi connectivity index (χ0) is 21.6. The molecule has 5 nitrogen and oxygen atoms in total. The van der Waals surface area contributed by atoms with Gasteiger partial charge in [-0.2, -0.15) is 0 Å². The molecule has 1 N–H and O–H groups in total. The van der Waals surface area contributed by atoms with Crippen LogP contribution in [0.3, 0.4) is 0 Å². The number of rotatable bonds is 6. The van der Waals surface area contributed by atoms with Crippen LogP contribution in [0.15, 0.2) is 36.4 Å². The second kappa shape index (κ2) is 8.03. The van der Waals surface area contributed by atoms with Crippen LogP contribution in [-0.4, -0.2) is 41.7 Å². The van der Waals surface area contributed by atoms with Crippen LogP contribution in [0.25, 0.3) is 0 Å². The largest absolute Gasteiger partial charge is 0.492 e. The Balaban J connectivity index is 1.26. The molecule has 31 heavy (non-hydrogen) atoms. The number of piperidine rings is 1. The molecular weight excluding hydrogens is 414 g/mol. The minimum Gasteiger partial charge on any atom is -0.492 e. The Hall–Kier alpha value is -2.24. The third-order valence-electron chi connectivity index (χ3n) is 7.20. The van der Waals surface area contributed by atoms with E-state index in [1.165, 1.54) is 24.0 Å². The van der Waals surface area contributed by atoms with Crippen LogP contribution < -0.4 is 9.47 Å². The fourth-order valence-electron chi connectivity index (χ4n) is 4.89. The molecule has 1 spiro atoms. The summed E-state index contributed by atoms with van der Waals surface area (Å²) < 4.78 is 12.1. The second-order valence-corrected chi connectivity index (χ2v) is 9.60. The first-order valence-electron chi connectivity index (χ1n) is 11.1. The first kappa shape index (κ1) is 20.7. The van der Waals surface area contributed by atoms with Crippen molar-refractivity contribution < 1.29 is 19.4 Å². The number of nitrogens with zero attached hydrogens (tertiary/aromatic N) is 1. The Morgan fingerprint density at radius 2 is 2.03 bits per heavy atom. The number of hydrogen-bond acceptors (Lipinski definition) is 4. The standard InChI is InChI=1S/C25H28ClNO4/c1-16(24(28)29)27-10-8-25(9-11-27)15-31-23-13-20(5-6-21(23)25)30-14-19-12-18(17-2-3-17)4-7-22(19)26/h4-7,12-13,16-17H,2-3,8-11,14-15H2,1H3,(H,28,29). The third-order valence-corrected chi connectivity index (χ3v) is 7.57. The van der Waals surface area contributed by atoms with Crippen LogP contribution in [-0.2, 0) is 16.8 Å². The number of carboxylic acids is 1. The van der Waals surface area contributed by atoms with Gasteiger partial charge in [-0.15, -0.1) is 0 Å². The van der Waals surface area contributed by atoms with Crippen molar-refractivity contribution in [3.8, 4) is 11.5 Å². The van der Waals surface area contributed by atoms with Gasteiger partial charge in [0.1, 0.15) is 24.1 Å². The molecule has 0 radical (unpaired) electrons. The van der Waals surface area contributed by atoms with Gasteiger partial charge in [-0.1, -0.05) is 29.8 Å². The molecule has 2 aliphatic heterocycles. The van der Waals surface area contributed by atoms with E-state index in [-0.39, 0.29) is 5.41 Å². The van der Waals surface area contributed by atoms with E-state index in [1.807, 2.05) is 23.1 Å². The van der Waals surface area contributed by atoms with Gasteiger partial charge in [-0.25, -0.2) is 0 Å². The number of fused-ring (bicyclic) bond motifs is 2. The maximum Gasteiger partial charge on any atom is 0.320 e. The molecule has 6 heteroatoms. The number of hydrogen-bond donors (Lipinski definition) is 1. The number of aliphatic carboxylic acids is 1. The van der Waals surface area contributed by atoms with Crippen molar-refractivity contribution in [2.75, 3.05) is 19.7 Å². The number of carboxylic acid groups (broad SMARTS) is 1. The van der Waals surface area contributed by atoms with E-state index >= 15 is 0 Å². The average Bonchev–Trinajstić information content (AvgIpc) is 3.57. The number of halogens is 1. The van der Waals surface area contributed by atoms with Crippen LogP contribution in [0.1, 0.15) is 55.2 Å². The highest BCUT2D eigenvalue weighted by Gasteiger charge is 2.44. The van der Waals surface area contributed by atoms with E-state index in [2.05, 4.69) is 18.2 Å². The molecule has 3 aliphatic rings. The summed E-state index contributed by atoms with van der Waals surface area (Å²) in [5.41, 5.74) is 3.57. The van der Waals surface area contributed by atoms with E-state index in [9.17, 15) is 9.90 Å². The third kappa shape index (κ3) is 4.01. The van der Waals surface area contributed by atoms with Crippen LogP contribution in [0.2, 0.25) is 5.02 Å². The predicted octanol–water partition coefficient (Wildman–Crippen LogP) is 5.00. The lowest BCUT2D eigenvalue weighted by Gasteiger charge is -2.40. The summed E-state index contributed by atoms with van der Waals surface area (Å²) in [4.78, 5) is 13.3. The maximum atomic E-state index is 11.3. The van der Waals surface area contributed by atoms with Crippen molar-refractivity contribution in [2.45, 2.75) is 56.6 Å². The summed E-state index contributed by atoms with van der Waals surface area (Å²) in [7, 11) is 0. The van der Waals surface area contributed by atoms with Crippen LogP contribution in [0.5, 0.6) is 11.5 Å².